The third-order valence-corrected chi connectivity index (χ3v) is 6.72. The molecule has 1 amide bonds. The molecule has 132 valence electrons. The van der Waals surface area contributed by atoms with E-state index in [4.69, 9.17) is 4.98 Å². The molecule has 0 atom stereocenters. The molecule has 1 aromatic heterocycles. The lowest BCUT2D eigenvalue weighted by atomic mass is 9.70. The van der Waals surface area contributed by atoms with Crippen LogP contribution in [0.4, 0.5) is 0 Å². The molecule has 0 unspecified atom stereocenters. The van der Waals surface area contributed by atoms with Crippen LogP contribution in [0.5, 0.6) is 0 Å². The van der Waals surface area contributed by atoms with Gasteiger partial charge >= 0.3 is 0 Å². The van der Waals surface area contributed by atoms with Crippen LogP contribution in [0.2, 0.25) is 0 Å². The number of thiazole rings is 1. The number of rotatable bonds is 4. The first-order chi connectivity index (χ1) is 12.1. The fraction of sp³-hybridized carbons (Fsp3) is 0.500. The number of aryl methyl sites for hydroxylation is 1. The molecule has 1 aromatic carbocycles. The summed E-state index contributed by atoms with van der Waals surface area (Å²) in [7, 11) is 0. The molecule has 1 saturated heterocycles. The van der Waals surface area contributed by atoms with Crippen LogP contribution in [0.25, 0.3) is 0 Å². The molecule has 1 saturated carbocycles. The van der Waals surface area contributed by atoms with Crippen LogP contribution < -0.4 is 0 Å². The third-order valence-electron chi connectivity index (χ3n) is 5.95. The predicted molar refractivity (Wildman–Crippen MR) is 98.6 cm³/mol. The number of carbonyl (C=O) groups is 1. The largest absolute Gasteiger partial charge is 0.395 e. The molecule has 4 nitrogen and oxygen atoms in total. The summed E-state index contributed by atoms with van der Waals surface area (Å²) in [6, 6.07) is 10.6. The second kappa shape index (κ2) is 6.22. The van der Waals surface area contributed by atoms with Crippen molar-refractivity contribution in [3.8, 4) is 0 Å². The Balaban J connectivity index is 1.61. The third kappa shape index (κ3) is 2.79. The van der Waals surface area contributed by atoms with E-state index in [9.17, 15) is 9.90 Å². The van der Waals surface area contributed by atoms with Gasteiger partial charge in [-0.2, -0.15) is 0 Å². The Morgan fingerprint density at radius 1 is 1.20 bits per heavy atom. The van der Waals surface area contributed by atoms with Crippen LogP contribution in [0.1, 0.15) is 41.9 Å². The predicted octanol–water partition coefficient (Wildman–Crippen LogP) is 3.13. The highest BCUT2D eigenvalue weighted by atomic mass is 32.1. The molecule has 2 fully saturated rings. The lowest BCUT2D eigenvalue weighted by Gasteiger charge is -2.42. The maximum Gasteiger partial charge on any atom is 0.231 e. The van der Waals surface area contributed by atoms with Crippen molar-refractivity contribution in [1.82, 2.24) is 9.88 Å². The number of hydrogen-bond acceptors (Lipinski definition) is 4. The van der Waals surface area contributed by atoms with Crippen LogP contribution in [-0.4, -0.2) is 40.6 Å². The number of hydrogen-bond donors (Lipinski definition) is 1. The van der Waals surface area contributed by atoms with E-state index in [0.29, 0.717) is 0 Å². The molecule has 0 radical (unpaired) electrons. The topological polar surface area (TPSA) is 53.4 Å². The van der Waals surface area contributed by atoms with Gasteiger partial charge < -0.3 is 10.0 Å². The number of likely N-dealkylation sites (tertiary alicyclic amines) is 1. The van der Waals surface area contributed by atoms with Gasteiger partial charge in [-0.05, 0) is 38.2 Å². The lowest BCUT2D eigenvalue weighted by molar-refractivity contribution is -0.140. The Bertz CT molecular complexity index is 759. The van der Waals surface area contributed by atoms with Crippen molar-refractivity contribution in [1.29, 1.82) is 0 Å². The first-order valence-electron chi connectivity index (χ1n) is 8.98. The average molecular weight is 356 g/mol. The summed E-state index contributed by atoms with van der Waals surface area (Å²) in [5.41, 5.74) is 1.84. The van der Waals surface area contributed by atoms with E-state index in [1.807, 2.05) is 17.9 Å². The number of benzene rings is 1. The van der Waals surface area contributed by atoms with Gasteiger partial charge in [0, 0.05) is 23.9 Å². The molecule has 0 bridgehead atoms. The minimum absolute atomic E-state index is 0.0164. The zero-order valence-electron chi connectivity index (χ0n) is 14.6. The van der Waals surface area contributed by atoms with E-state index in [1.165, 1.54) is 5.56 Å². The number of aliphatic hydroxyl groups excluding tert-OH is 1. The minimum atomic E-state index is -0.468. The summed E-state index contributed by atoms with van der Waals surface area (Å²) in [6.45, 7) is 3.49. The van der Waals surface area contributed by atoms with Crippen LogP contribution in [-0.2, 0) is 10.2 Å². The molecule has 2 aromatic rings. The van der Waals surface area contributed by atoms with Gasteiger partial charge in [0.1, 0.15) is 0 Å². The monoisotopic (exact) mass is 356 g/mol. The molecule has 1 aliphatic carbocycles. The van der Waals surface area contributed by atoms with E-state index >= 15 is 0 Å². The zero-order valence-corrected chi connectivity index (χ0v) is 15.4. The summed E-state index contributed by atoms with van der Waals surface area (Å²) in [5.74, 6) is 0.145. The smallest absolute Gasteiger partial charge is 0.231 e. The molecule has 2 heterocycles. The Labute approximate surface area is 152 Å². The van der Waals surface area contributed by atoms with Crippen molar-refractivity contribution in [2.75, 3.05) is 19.7 Å². The summed E-state index contributed by atoms with van der Waals surface area (Å²) in [5, 5.41) is 12.8. The van der Waals surface area contributed by atoms with E-state index in [2.05, 4.69) is 29.6 Å². The van der Waals surface area contributed by atoms with Gasteiger partial charge in [0.2, 0.25) is 5.91 Å². The summed E-state index contributed by atoms with van der Waals surface area (Å²) in [4.78, 5) is 19.5. The molecule has 1 N–H and O–H groups in total. The van der Waals surface area contributed by atoms with Crippen molar-refractivity contribution in [2.24, 2.45) is 5.41 Å². The van der Waals surface area contributed by atoms with Gasteiger partial charge in [0.25, 0.3) is 0 Å². The molecular weight excluding hydrogens is 332 g/mol. The standard InChI is InChI=1S/C20H24N2O2S/c1-15-21-17(13-25-15)20(16-5-3-2-4-6-16)9-11-22(12-10-20)18(24)19(14-23)7-8-19/h2-6,13,23H,7-12,14H2,1H3. The number of piperidine rings is 1. The van der Waals surface area contributed by atoms with Crippen LogP contribution in [0.3, 0.4) is 0 Å². The number of carbonyl (C=O) groups excluding carboxylic acids is 1. The molecule has 4 rings (SSSR count). The second-order valence-electron chi connectivity index (χ2n) is 7.43. The second-order valence-corrected chi connectivity index (χ2v) is 8.49. The SMILES string of the molecule is Cc1nc(C2(c3ccccc3)CCN(C(=O)C3(CO)CC3)CC2)cs1. The highest BCUT2D eigenvalue weighted by molar-refractivity contribution is 7.09. The number of aliphatic hydroxyl groups is 1. The summed E-state index contributed by atoms with van der Waals surface area (Å²) in [6.07, 6.45) is 3.42. The summed E-state index contributed by atoms with van der Waals surface area (Å²) < 4.78 is 0. The molecule has 0 spiro atoms. The van der Waals surface area contributed by atoms with E-state index < -0.39 is 5.41 Å². The molecule has 2 aliphatic rings. The molecule has 5 heteroatoms. The first-order valence-corrected chi connectivity index (χ1v) is 9.86. The Hall–Kier alpha value is -1.72. The van der Waals surface area contributed by atoms with Crippen molar-refractivity contribution in [2.45, 2.75) is 38.0 Å². The highest BCUT2D eigenvalue weighted by Crippen LogP contribution is 2.48. The fourth-order valence-corrected chi connectivity index (χ4v) is 4.76. The Kier molecular flexibility index (Phi) is 4.16. The minimum Gasteiger partial charge on any atom is -0.395 e. The van der Waals surface area contributed by atoms with E-state index in [-0.39, 0.29) is 17.9 Å². The molecule has 25 heavy (non-hydrogen) atoms. The van der Waals surface area contributed by atoms with Crippen molar-refractivity contribution in [3.05, 3.63) is 52.0 Å². The average Bonchev–Trinajstić information content (AvgIpc) is 3.35. The summed E-state index contributed by atoms with van der Waals surface area (Å²) >= 11 is 1.69. The molecule has 1 aliphatic heterocycles. The van der Waals surface area contributed by atoms with Gasteiger partial charge in [-0.1, -0.05) is 30.3 Å². The maximum atomic E-state index is 12.8. The highest BCUT2D eigenvalue weighted by Gasteiger charge is 2.52. The Morgan fingerprint density at radius 2 is 1.88 bits per heavy atom. The van der Waals surface area contributed by atoms with Crippen LogP contribution in [0.15, 0.2) is 35.7 Å². The van der Waals surface area contributed by atoms with Crippen molar-refractivity contribution >= 4 is 17.2 Å². The van der Waals surface area contributed by atoms with Crippen LogP contribution in [0, 0.1) is 12.3 Å². The zero-order chi connectivity index (χ0) is 17.5. The van der Waals surface area contributed by atoms with Crippen molar-refractivity contribution < 1.29 is 9.90 Å². The number of amides is 1. The number of nitrogens with zero attached hydrogens (tertiary/aromatic N) is 2. The van der Waals surface area contributed by atoms with Gasteiger partial charge in [-0.3, -0.25) is 4.79 Å². The quantitative estimate of drug-likeness (QED) is 0.916. The fourth-order valence-electron chi connectivity index (χ4n) is 4.05. The normalized spacial score (nSPS) is 21.1. The lowest BCUT2D eigenvalue weighted by Crippen LogP contribution is -2.48. The number of aromatic nitrogens is 1. The molecular formula is C20H24N2O2S. The van der Waals surface area contributed by atoms with E-state index in [1.54, 1.807) is 11.3 Å². The van der Waals surface area contributed by atoms with Crippen molar-refractivity contribution in [3.63, 3.8) is 0 Å². The first kappa shape index (κ1) is 16.7. The van der Waals surface area contributed by atoms with Gasteiger partial charge in [0.05, 0.1) is 22.7 Å². The Morgan fingerprint density at radius 3 is 2.40 bits per heavy atom. The van der Waals surface area contributed by atoms with Gasteiger partial charge in [0.15, 0.2) is 0 Å². The maximum absolute atomic E-state index is 12.8. The van der Waals surface area contributed by atoms with E-state index in [0.717, 1.165) is 49.5 Å². The van der Waals surface area contributed by atoms with Gasteiger partial charge in [-0.25, -0.2) is 4.98 Å². The van der Waals surface area contributed by atoms with Crippen LogP contribution >= 0.6 is 11.3 Å². The van der Waals surface area contributed by atoms with Gasteiger partial charge in [-0.15, -0.1) is 11.3 Å².